The Morgan fingerprint density at radius 3 is 2.54 bits per heavy atom. The molecule has 0 saturated carbocycles. The number of benzene rings is 2. The number of carbonyl (C=O) groups is 1. The number of amides is 1. The maximum Gasteiger partial charge on any atom is 0.253 e. The molecule has 2 N–H and O–H groups in total. The first kappa shape index (κ1) is 23.3. The molecule has 4 aromatic rings. The van der Waals surface area contributed by atoms with Crippen molar-refractivity contribution in [2.75, 3.05) is 17.8 Å². The van der Waals surface area contributed by atoms with E-state index in [0.717, 1.165) is 21.5 Å². The molecule has 1 saturated heterocycles. The van der Waals surface area contributed by atoms with Crippen LogP contribution in [0.5, 0.6) is 0 Å². The zero-order chi connectivity index (χ0) is 24.4. The highest BCUT2D eigenvalue weighted by atomic mass is 32.2. The summed E-state index contributed by atoms with van der Waals surface area (Å²) in [5.74, 6) is -0.633. The number of nitrogens with one attached hydrogen (secondary N) is 1. The van der Waals surface area contributed by atoms with Crippen molar-refractivity contribution in [1.82, 2.24) is 14.9 Å². The highest BCUT2D eigenvalue weighted by Gasteiger charge is 2.37. The number of halogens is 1. The molecular formula is C27H25FN4O2S. The lowest BCUT2D eigenvalue weighted by molar-refractivity contribution is -0.0219. The lowest BCUT2D eigenvalue weighted by Crippen LogP contribution is -2.45. The monoisotopic (exact) mass is 488 g/mol. The fourth-order valence-electron chi connectivity index (χ4n) is 4.51. The summed E-state index contributed by atoms with van der Waals surface area (Å²) < 4.78 is 16.7. The van der Waals surface area contributed by atoms with E-state index < -0.39 is 11.5 Å². The first-order valence-corrected chi connectivity index (χ1v) is 12.3. The molecule has 2 aromatic heterocycles. The number of piperidine rings is 1. The standard InChI is InChI=1S/C27H25FN4O2S/c1-18-22(11-12-24(28)30-18)27(34)13-16-32(17-14-27)26(33)20-7-9-21(10-8-20)31-35-23-6-2-4-19-5-3-15-29-25(19)23/h2-12,15,31,34H,13-14,16-17H2,1H3. The van der Waals surface area contributed by atoms with Crippen LogP contribution in [0.1, 0.15) is 34.5 Å². The number of fused-ring (bicyclic) bond motifs is 1. The molecule has 1 fully saturated rings. The Labute approximate surface area is 207 Å². The number of hydrogen-bond acceptors (Lipinski definition) is 6. The molecule has 1 aliphatic heterocycles. The average Bonchev–Trinajstić information content (AvgIpc) is 2.87. The zero-order valence-electron chi connectivity index (χ0n) is 19.2. The van der Waals surface area contributed by atoms with Crippen molar-refractivity contribution in [3.63, 3.8) is 0 Å². The van der Waals surface area contributed by atoms with Crippen LogP contribution >= 0.6 is 11.9 Å². The Balaban J connectivity index is 1.21. The largest absolute Gasteiger partial charge is 0.385 e. The predicted octanol–water partition coefficient (Wildman–Crippen LogP) is 5.32. The lowest BCUT2D eigenvalue weighted by atomic mass is 9.83. The van der Waals surface area contributed by atoms with Crippen LogP contribution in [0.3, 0.4) is 0 Å². The number of pyridine rings is 2. The Kier molecular flexibility index (Phi) is 6.40. The molecule has 178 valence electrons. The van der Waals surface area contributed by atoms with Gasteiger partial charge in [-0.15, -0.1) is 0 Å². The van der Waals surface area contributed by atoms with Crippen molar-refractivity contribution in [3.8, 4) is 0 Å². The second-order valence-electron chi connectivity index (χ2n) is 8.70. The molecule has 5 rings (SSSR count). The van der Waals surface area contributed by atoms with Gasteiger partial charge in [-0.1, -0.05) is 18.2 Å². The van der Waals surface area contributed by atoms with Gasteiger partial charge in [-0.05, 0) is 80.2 Å². The molecule has 0 unspecified atom stereocenters. The maximum absolute atomic E-state index is 13.4. The van der Waals surface area contributed by atoms with Crippen LogP contribution in [0.2, 0.25) is 0 Å². The first-order chi connectivity index (χ1) is 16.9. The number of likely N-dealkylation sites (tertiary alicyclic amines) is 1. The van der Waals surface area contributed by atoms with E-state index in [9.17, 15) is 14.3 Å². The summed E-state index contributed by atoms with van der Waals surface area (Å²) in [7, 11) is 0. The molecule has 0 aliphatic carbocycles. The van der Waals surface area contributed by atoms with Gasteiger partial charge < -0.3 is 14.7 Å². The maximum atomic E-state index is 13.4. The van der Waals surface area contributed by atoms with Gasteiger partial charge in [0, 0.05) is 47.2 Å². The highest BCUT2D eigenvalue weighted by Crippen LogP contribution is 2.35. The number of aryl methyl sites for hydroxylation is 1. The molecule has 2 aromatic carbocycles. The van der Waals surface area contributed by atoms with Crippen molar-refractivity contribution in [3.05, 3.63) is 95.7 Å². The lowest BCUT2D eigenvalue weighted by Gasteiger charge is -2.39. The van der Waals surface area contributed by atoms with Crippen molar-refractivity contribution >= 4 is 34.4 Å². The van der Waals surface area contributed by atoms with E-state index in [1.165, 1.54) is 18.0 Å². The van der Waals surface area contributed by atoms with Gasteiger partial charge in [-0.2, -0.15) is 4.39 Å². The van der Waals surface area contributed by atoms with E-state index in [1.54, 1.807) is 36.2 Å². The Hall–Kier alpha value is -3.49. The first-order valence-electron chi connectivity index (χ1n) is 11.4. The molecule has 0 bridgehead atoms. The van der Waals surface area contributed by atoms with Gasteiger partial charge in [0.1, 0.15) is 0 Å². The van der Waals surface area contributed by atoms with Crippen LogP contribution < -0.4 is 4.72 Å². The van der Waals surface area contributed by atoms with Gasteiger partial charge in [0.25, 0.3) is 5.91 Å². The number of aliphatic hydroxyl groups is 1. The topological polar surface area (TPSA) is 78.4 Å². The molecule has 1 aliphatic rings. The van der Waals surface area contributed by atoms with E-state index in [4.69, 9.17) is 0 Å². The van der Waals surface area contributed by atoms with Gasteiger partial charge in [0.2, 0.25) is 5.95 Å². The van der Waals surface area contributed by atoms with Crippen LogP contribution in [0.4, 0.5) is 10.1 Å². The fraction of sp³-hybridized carbons (Fsp3) is 0.222. The summed E-state index contributed by atoms with van der Waals surface area (Å²) in [5.41, 5.74) is 2.41. The SMILES string of the molecule is Cc1nc(F)ccc1C1(O)CCN(C(=O)c2ccc(NSc3cccc4cccnc34)cc2)CC1. The summed E-state index contributed by atoms with van der Waals surface area (Å²) in [6.45, 7) is 2.52. The van der Waals surface area contributed by atoms with Gasteiger partial charge in [0.15, 0.2) is 0 Å². The minimum atomic E-state index is -1.11. The minimum absolute atomic E-state index is 0.0709. The van der Waals surface area contributed by atoms with Crippen LogP contribution in [0.15, 0.2) is 77.8 Å². The summed E-state index contributed by atoms with van der Waals surface area (Å²) in [6, 6.07) is 20.2. The number of para-hydroxylation sites is 1. The van der Waals surface area contributed by atoms with Gasteiger partial charge in [0.05, 0.1) is 16.0 Å². The highest BCUT2D eigenvalue weighted by molar-refractivity contribution is 8.00. The molecule has 1 amide bonds. The van der Waals surface area contributed by atoms with E-state index in [0.29, 0.717) is 42.8 Å². The van der Waals surface area contributed by atoms with Crippen molar-refractivity contribution < 1.29 is 14.3 Å². The van der Waals surface area contributed by atoms with Gasteiger partial charge in [-0.25, -0.2) is 4.98 Å². The van der Waals surface area contributed by atoms with Crippen LogP contribution in [-0.2, 0) is 5.60 Å². The Bertz CT molecular complexity index is 1370. The quantitative estimate of drug-likeness (QED) is 0.292. The number of anilines is 1. The van der Waals surface area contributed by atoms with E-state index in [1.807, 2.05) is 42.5 Å². The smallest absolute Gasteiger partial charge is 0.253 e. The number of aromatic nitrogens is 2. The number of carbonyl (C=O) groups excluding carboxylic acids is 1. The number of rotatable bonds is 5. The van der Waals surface area contributed by atoms with E-state index in [-0.39, 0.29) is 5.91 Å². The van der Waals surface area contributed by atoms with E-state index >= 15 is 0 Å². The van der Waals surface area contributed by atoms with Gasteiger partial charge >= 0.3 is 0 Å². The van der Waals surface area contributed by atoms with Crippen molar-refractivity contribution in [2.24, 2.45) is 0 Å². The van der Waals surface area contributed by atoms with Crippen LogP contribution in [-0.4, -0.2) is 39.0 Å². The minimum Gasteiger partial charge on any atom is -0.385 e. The number of nitrogens with zero attached hydrogens (tertiary/aromatic N) is 3. The zero-order valence-corrected chi connectivity index (χ0v) is 20.1. The average molecular weight is 489 g/mol. The molecular weight excluding hydrogens is 463 g/mol. The molecule has 0 radical (unpaired) electrons. The van der Waals surface area contributed by atoms with Gasteiger partial charge in [-0.3, -0.25) is 9.78 Å². The normalized spacial score (nSPS) is 15.2. The number of hydrogen-bond donors (Lipinski definition) is 2. The van der Waals surface area contributed by atoms with Crippen molar-refractivity contribution in [1.29, 1.82) is 0 Å². The Morgan fingerprint density at radius 1 is 1.06 bits per heavy atom. The molecule has 3 heterocycles. The molecule has 6 nitrogen and oxygen atoms in total. The summed E-state index contributed by atoms with van der Waals surface area (Å²) in [5, 5.41) is 12.2. The molecule has 35 heavy (non-hydrogen) atoms. The fourth-order valence-corrected chi connectivity index (χ4v) is 5.28. The molecule has 0 spiro atoms. The molecule has 8 heteroatoms. The third-order valence-electron chi connectivity index (χ3n) is 6.44. The summed E-state index contributed by atoms with van der Waals surface area (Å²) >= 11 is 1.48. The second kappa shape index (κ2) is 9.64. The van der Waals surface area contributed by atoms with Crippen LogP contribution in [0.25, 0.3) is 10.9 Å². The Morgan fingerprint density at radius 2 is 1.80 bits per heavy atom. The third kappa shape index (κ3) is 4.85. The van der Waals surface area contributed by atoms with E-state index in [2.05, 4.69) is 14.7 Å². The summed E-state index contributed by atoms with van der Waals surface area (Å²) in [4.78, 5) is 24.1. The van der Waals surface area contributed by atoms with Crippen LogP contribution in [0, 0.1) is 12.9 Å². The second-order valence-corrected chi connectivity index (χ2v) is 9.55. The molecule has 0 atom stereocenters. The predicted molar refractivity (Wildman–Crippen MR) is 136 cm³/mol. The van der Waals surface area contributed by atoms with Crippen molar-refractivity contribution in [2.45, 2.75) is 30.3 Å². The summed E-state index contributed by atoms with van der Waals surface area (Å²) in [6.07, 6.45) is 2.54. The third-order valence-corrected chi connectivity index (χ3v) is 7.32.